The van der Waals surface area contributed by atoms with Crippen molar-refractivity contribution in [2.45, 2.75) is 18.9 Å². The van der Waals surface area contributed by atoms with E-state index in [9.17, 15) is 0 Å². The predicted octanol–water partition coefficient (Wildman–Crippen LogP) is 0.448. The molecule has 0 heterocycles. The lowest BCUT2D eigenvalue weighted by Gasteiger charge is -2.05. The molecule has 1 atom stereocenters. The fourth-order valence-electron chi connectivity index (χ4n) is 0.499. The normalized spacial score (nSPS) is 13.9. The quantitative estimate of drug-likeness (QED) is 0.618. The second kappa shape index (κ2) is 5.54. The van der Waals surface area contributed by atoms with E-state index in [1.807, 2.05) is 0 Å². The molecule has 8 heavy (non-hydrogen) atoms. The van der Waals surface area contributed by atoms with E-state index in [4.69, 9.17) is 11.5 Å². The molecule has 50 valence electrons. The highest BCUT2D eigenvalue weighted by atomic mass is 79.9. The van der Waals surface area contributed by atoms with Crippen LogP contribution in [0.5, 0.6) is 0 Å². The van der Waals surface area contributed by atoms with E-state index >= 15 is 0 Å². The maximum atomic E-state index is 5.58. The maximum absolute atomic E-state index is 5.58. The van der Waals surface area contributed by atoms with E-state index in [1.54, 1.807) is 0 Å². The first-order chi connectivity index (χ1) is 3.81. The molecule has 0 fully saturated rings. The summed E-state index contributed by atoms with van der Waals surface area (Å²) in [6.07, 6.45) is 1.96. The summed E-state index contributed by atoms with van der Waals surface area (Å²) in [5.41, 5.74) is 10.8. The Morgan fingerprint density at radius 2 is 2.00 bits per heavy atom. The van der Waals surface area contributed by atoms with Gasteiger partial charge in [-0.15, -0.1) is 0 Å². The Morgan fingerprint density at radius 3 is 2.38 bits per heavy atom. The molecule has 0 spiro atoms. The summed E-state index contributed by atoms with van der Waals surface area (Å²) in [5.74, 6) is 0. The van der Waals surface area contributed by atoms with Crippen LogP contribution in [-0.4, -0.2) is 17.9 Å². The molecule has 1 unspecified atom stereocenters. The van der Waals surface area contributed by atoms with Crippen LogP contribution in [0.4, 0.5) is 0 Å². The molecule has 0 saturated carbocycles. The van der Waals surface area contributed by atoms with E-state index in [-0.39, 0.29) is 0 Å². The van der Waals surface area contributed by atoms with Crippen molar-refractivity contribution < 1.29 is 0 Å². The summed E-state index contributed by atoms with van der Waals surface area (Å²) in [4.78, 5) is 0. The molecule has 0 aliphatic rings. The van der Waals surface area contributed by atoms with Crippen LogP contribution in [0.15, 0.2) is 0 Å². The predicted molar refractivity (Wildman–Crippen MR) is 40.1 cm³/mol. The van der Waals surface area contributed by atoms with Crippen molar-refractivity contribution in [2.75, 3.05) is 11.9 Å². The van der Waals surface area contributed by atoms with Gasteiger partial charge in [-0.25, -0.2) is 0 Å². The van der Waals surface area contributed by atoms with Gasteiger partial charge in [-0.2, -0.15) is 0 Å². The monoisotopic (exact) mass is 180 g/mol. The van der Waals surface area contributed by atoms with Crippen LogP contribution < -0.4 is 11.5 Å². The fourth-order valence-corrected chi connectivity index (χ4v) is 1.09. The molecule has 0 aliphatic heterocycles. The third-order valence-corrected chi connectivity index (χ3v) is 1.48. The molecule has 0 saturated heterocycles. The van der Waals surface area contributed by atoms with E-state index < -0.39 is 0 Å². The van der Waals surface area contributed by atoms with Gasteiger partial charge < -0.3 is 11.5 Å². The average Bonchev–Trinajstić information content (AvgIpc) is 1.68. The lowest BCUT2D eigenvalue weighted by atomic mass is 10.2. The zero-order valence-electron chi connectivity index (χ0n) is 4.94. The number of nitrogens with two attached hydrogens (primary N) is 2. The van der Waals surface area contributed by atoms with Crippen LogP contribution >= 0.6 is 15.9 Å². The van der Waals surface area contributed by atoms with E-state index in [1.165, 1.54) is 0 Å². The molecule has 0 aromatic rings. The zero-order chi connectivity index (χ0) is 6.41. The highest BCUT2D eigenvalue weighted by molar-refractivity contribution is 9.09. The average molecular weight is 181 g/mol. The van der Waals surface area contributed by atoms with Gasteiger partial charge >= 0.3 is 0 Å². The Bertz CT molecular complexity index is 43.7. The van der Waals surface area contributed by atoms with Crippen molar-refractivity contribution in [3.63, 3.8) is 0 Å². The molecule has 4 N–H and O–H groups in total. The summed E-state index contributed by atoms with van der Waals surface area (Å²) < 4.78 is 0. The van der Waals surface area contributed by atoms with Crippen LogP contribution in [0.2, 0.25) is 0 Å². The highest BCUT2D eigenvalue weighted by Gasteiger charge is 1.96. The first kappa shape index (κ1) is 8.40. The topological polar surface area (TPSA) is 52.0 Å². The molecule has 0 rings (SSSR count). The lowest BCUT2D eigenvalue weighted by molar-refractivity contribution is 0.610. The molecule has 0 aromatic heterocycles. The number of hydrogen-bond donors (Lipinski definition) is 2. The van der Waals surface area contributed by atoms with Gasteiger partial charge in [0.2, 0.25) is 0 Å². The molecule has 0 bridgehead atoms. The molecule has 2 nitrogen and oxygen atoms in total. The summed E-state index contributed by atoms with van der Waals surface area (Å²) in [6, 6.07) is 0.291. The fraction of sp³-hybridized carbons (Fsp3) is 1.00. The van der Waals surface area contributed by atoms with Gasteiger partial charge in [0.15, 0.2) is 0 Å². The summed E-state index contributed by atoms with van der Waals surface area (Å²) in [6.45, 7) is 0.703. The van der Waals surface area contributed by atoms with Crippen LogP contribution in [-0.2, 0) is 0 Å². The van der Waals surface area contributed by atoms with Crippen molar-refractivity contribution in [3.05, 3.63) is 0 Å². The standard InChI is InChI=1S/C5H13BrN2/c6-3-1-5(8)2-4-7/h5H,1-4,7-8H2. The number of rotatable bonds is 4. The van der Waals surface area contributed by atoms with Gasteiger partial charge in [0.05, 0.1) is 0 Å². The van der Waals surface area contributed by atoms with Crippen molar-refractivity contribution in [1.29, 1.82) is 0 Å². The largest absolute Gasteiger partial charge is 0.330 e. The Labute approximate surface area is 58.7 Å². The van der Waals surface area contributed by atoms with Crippen LogP contribution in [0.3, 0.4) is 0 Å². The van der Waals surface area contributed by atoms with Gasteiger partial charge in [-0.05, 0) is 19.4 Å². The second-order valence-electron chi connectivity index (χ2n) is 1.82. The van der Waals surface area contributed by atoms with Crippen LogP contribution in [0, 0.1) is 0 Å². The minimum Gasteiger partial charge on any atom is -0.330 e. The van der Waals surface area contributed by atoms with Gasteiger partial charge in [0, 0.05) is 11.4 Å². The summed E-state index contributed by atoms with van der Waals surface area (Å²) in [7, 11) is 0. The third kappa shape index (κ3) is 4.56. The number of hydrogen-bond acceptors (Lipinski definition) is 2. The molecule has 0 amide bonds. The Hall–Kier alpha value is 0.400. The van der Waals surface area contributed by atoms with E-state index in [2.05, 4.69) is 15.9 Å². The Kier molecular flexibility index (Phi) is 5.81. The molecular weight excluding hydrogens is 168 g/mol. The summed E-state index contributed by atoms with van der Waals surface area (Å²) >= 11 is 3.30. The first-order valence-electron chi connectivity index (χ1n) is 2.83. The van der Waals surface area contributed by atoms with Gasteiger partial charge in [-0.1, -0.05) is 15.9 Å². The van der Waals surface area contributed by atoms with Crippen molar-refractivity contribution >= 4 is 15.9 Å². The Morgan fingerprint density at radius 1 is 1.38 bits per heavy atom. The molecule has 3 heteroatoms. The Balaban J connectivity index is 2.92. The van der Waals surface area contributed by atoms with Gasteiger partial charge in [-0.3, -0.25) is 0 Å². The lowest BCUT2D eigenvalue weighted by Crippen LogP contribution is -2.23. The molecular formula is C5H13BrN2. The van der Waals surface area contributed by atoms with Gasteiger partial charge in [0.25, 0.3) is 0 Å². The second-order valence-corrected chi connectivity index (χ2v) is 2.61. The minimum absolute atomic E-state index is 0.291. The zero-order valence-corrected chi connectivity index (χ0v) is 6.52. The molecule has 0 aromatic carbocycles. The SMILES string of the molecule is NCCC(N)CCBr. The number of halogens is 1. The third-order valence-electron chi connectivity index (χ3n) is 1.02. The molecule has 0 aliphatic carbocycles. The van der Waals surface area contributed by atoms with E-state index in [0.29, 0.717) is 12.6 Å². The highest BCUT2D eigenvalue weighted by Crippen LogP contribution is 1.95. The first-order valence-corrected chi connectivity index (χ1v) is 3.95. The van der Waals surface area contributed by atoms with Crippen molar-refractivity contribution in [1.82, 2.24) is 0 Å². The van der Waals surface area contributed by atoms with Crippen molar-refractivity contribution in [3.8, 4) is 0 Å². The smallest absolute Gasteiger partial charge is 0.00587 e. The van der Waals surface area contributed by atoms with Crippen LogP contribution in [0.1, 0.15) is 12.8 Å². The van der Waals surface area contributed by atoms with Crippen molar-refractivity contribution in [2.24, 2.45) is 11.5 Å². The summed E-state index contributed by atoms with van der Waals surface area (Å²) in [5, 5.41) is 0.980. The number of alkyl halides is 1. The molecule has 0 radical (unpaired) electrons. The van der Waals surface area contributed by atoms with E-state index in [0.717, 1.165) is 18.2 Å². The van der Waals surface area contributed by atoms with Gasteiger partial charge in [0.1, 0.15) is 0 Å². The van der Waals surface area contributed by atoms with Crippen LogP contribution in [0.25, 0.3) is 0 Å². The maximum Gasteiger partial charge on any atom is 0.00587 e. The minimum atomic E-state index is 0.291.